The predicted molar refractivity (Wildman–Crippen MR) is 91.1 cm³/mol. The van der Waals surface area contributed by atoms with E-state index >= 15 is 0 Å². The maximum atomic E-state index is 11.8. The molecule has 0 aromatic rings. The molecule has 4 nitrogen and oxygen atoms in total. The highest BCUT2D eigenvalue weighted by Crippen LogP contribution is 2.20. The zero-order valence-corrected chi connectivity index (χ0v) is 15.0. The van der Waals surface area contributed by atoms with Gasteiger partial charge in [0, 0.05) is 12.8 Å². The number of rotatable bonds is 10. The topological polar surface area (TPSA) is 52.6 Å². The lowest BCUT2D eigenvalue weighted by Gasteiger charge is -2.15. The molecule has 134 valence electrons. The highest BCUT2D eigenvalue weighted by Gasteiger charge is 2.16. The third-order valence-corrected chi connectivity index (χ3v) is 4.30. The van der Waals surface area contributed by atoms with Gasteiger partial charge in [0.25, 0.3) is 0 Å². The molecule has 0 aromatic carbocycles. The van der Waals surface area contributed by atoms with E-state index in [1.54, 1.807) is 0 Å². The Kier molecular flexibility index (Phi) is 10.8. The van der Waals surface area contributed by atoms with Crippen molar-refractivity contribution < 1.29 is 19.1 Å². The molecule has 0 aliphatic heterocycles. The summed E-state index contributed by atoms with van der Waals surface area (Å²) in [7, 11) is 0. The second-order valence-electron chi connectivity index (χ2n) is 7.07. The fraction of sp³-hybridized carbons (Fsp3) is 0.895. The second-order valence-corrected chi connectivity index (χ2v) is 7.07. The van der Waals surface area contributed by atoms with Crippen molar-refractivity contribution in [1.82, 2.24) is 0 Å². The van der Waals surface area contributed by atoms with Crippen LogP contribution in [0.25, 0.3) is 0 Å². The van der Waals surface area contributed by atoms with Crippen LogP contribution in [0.1, 0.15) is 90.9 Å². The number of hydrogen-bond acceptors (Lipinski definition) is 4. The number of hydrogen-bond donors (Lipinski definition) is 0. The molecule has 23 heavy (non-hydrogen) atoms. The first-order chi connectivity index (χ1) is 11.1. The van der Waals surface area contributed by atoms with E-state index in [1.807, 2.05) is 0 Å². The first kappa shape index (κ1) is 20.0. The van der Waals surface area contributed by atoms with Gasteiger partial charge in [-0.15, -0.1) is 0 Å². The minimum absolute atomic E-state index is 0.109. The lowest BCUT2D eigenvalue weighted by Crippen LogP contribution is -2.17. The molecule has 0 heterocycles. The van der Waals surface area contributed by atoms with Crippen molar-refractivity contribution in [2.75, 3.05) is 6.61 Å². The summed E-state index contributed by atoms with van der Waals surface area (Å²) < 4.78 is 10.7. The average Bonchev–Trinajstić information content (AvgIpc) is 2.76. The van der Waals surface area contributed by atoms with E-state index in [-0.39, 0.29) is 18.0 Å². The normalized spacial score (nSPS) is 16.1. The Balaban J connectivity index is 1.98. The summed E-state index contributed by atoms with van der Waals surface area (Å²) in [6, 6.07) is 0. The Morgan fingerprint density at radius 1 is 0.913 bits per heavy atom. The molecule has 1 rings (SSSR count). The van der Waals surface area contributed by atoms with E-state index in [0.717, 1.165) is 25.7 Å². The van der Waals surface area contributed by atoms with E-state index < -0.39 is 0 Å². The molecule has 0 saturated heterocycles. The largest absolute Gasteiger partial charge is 0.466 e. The van der Waals surface area contributed by atoms with Crippen LogP contribution in [0.5, 0.6) is 0 Å². The highest BCUT2D eigenvalue weighted by molar-refractivity contribution is 5.70. The zero-order chi connectivity index (χ0) is 16.9. The fourth-order valence-electron chi connectivity index (χ4n) is 2.89. The van der Waals surface area contributed by atoms with Gasteiger partial charge in [-0.25, -0.2) is 0 Å². The van der Waals surface area contributed by atoms with Gasteiger partial charge in [0.15, 0.2) is 0 Å². The summed E-state index contributed by atoms with van der Waals surface area (Å²) >= 11 is 0. The Morgan fingerprint density at radius 3 is 2.13 bits per heavy atom. The Bertz CT molecular complexity index is 330. The van der Waals surface area contributed by atoms with Crippen LogP contribution in [-0.2, 0) is 19.1 Å². The van der Waals surface area contributed by atoms with E-state index in [0.29, 0.717) is 38.2 Å². The van der Waals surface area contributed by atoms with Crippen LogP contribution in [-0.4, -0.2) is 24.6 Å². The second kappa shape index (κ2) is 12.4. The molecular weight excluding hydrogens is 292 g/mol. The molecule has 0 spiro atoms. The molecule has 0 bridgehead atoms. The lowest BCUT2D eigenvalue weighted by molar-refractivity contribution is -0.150. The van der Waals surface area contributed by atoms with Crippen molar-refractivity contribution in [2.24, 2.45) is 5.92 Å². The summed E-state index contributed by atoms with van der Waals surface area (Å²) in [4.78, 5) is 23.4. The molecule has 1 fully saturated rings. The van der Waals surface area contributed by atoms with Crippen LogP contribution >= 0.6 is 0 Å². The molecule has 0 aromatic heterocycles. The summed E-state index contributed by atoms with van der Waals surface area (Å²) in [5.74, 6) is 0.390. The van der Waals surface area contributed by atoms with Gasteiger partial charge in [0.05, 0.1) is 6.61 Å². The molecule has 1 aliphatic carbocycles. The number of unbranched alkanes of at least 4 members (excludes halogenated alkanes) is 1. The average molecular weight is 326 g/mol. The predicted octanol–water partition coefficient (Wildman–Crippen LogP) is 4.79. The number of esters is 2. The standard InChI is InChI=1S/C19H34O4/c1-16(2)10-9-15-22-18(20)13-7-8-14-19(21)23-17-11-5-3-4-6-12-17/h16-17H,3-15H2,1-2H3. The summed E-state index contributed by atoms with van der Waals surface area (Å²) in [5, 5.41) is 0. The smallest absolute Gasteiger partial charge is 0.306 e. The van der Waals surface area contributed by atoms with Crippen LogP contribution in [0, 0.1) is 5.92 Å². The van der Waals surface area contributed by atoms with Crippen LogP contribution in [0.4, 0.5) is 0 Å². The van der Waals surface area contributed by atoms with Crippen LogP contribution in [0.15, 0.2) is 0 Å². The molecular formula is C19H34O4. The van der Waals surface area contributed by atoms with E-state index in [1.165, 1.54) is 25.7 Å². The minimum atomic E-state index is -0.147. The number of carbonyl (C=O) groups excluding carboxylic acids is 2. The fourth-order valence-corrected chi connectivity index (χ4v) is 2.89. The Morgan fingerprint density at radius 2 is 1.52 bits per heavy atom. The number of ether oxygens (including phenoxy) is 2. The van der Waals surface area contributed by atoms with Gasteiger partial charge in [-0.05, 0) is 57.3 Å². The first-order valence-corrected chi connectivity index (χ1v) is 9.43. The van der Waals surface area contributed by atoms with Crippen molar-refractivity contribution in [2.45, 2.75) is 97.0 Å². The molecule has 4 heteroatoms. The monoisotopic (exact) mass is 326 g/mol. The van der Waals surface area contributed by atoms with Crippen molar-refractivity contribution >= 4 is 11.9 Å². The Labute approximate surface area is 141 Å². The summed E-state index contributed by atoms with van der Waals surface area (Å²) in [5.41, 5.74) is 0. The molecule has 0 amide bonds. The van der Waals surface area contributed by atoms with Crippen molar-refractivity contribution in [1.29, 1.82) is 0 Å². The van der Waals surface area contributed by atoms with E-state index in [4.69, 9.17) is 9.47 Å². The van der Waals surface area contributed by atoms with Crippen molar-refractivity contribution in [3.05, 3.63) is 0 Å². The molecule has 0 radical (unpaired) electrons. The van der Waals surface area contributed by atoms with Gasteiger partial charge in [-0.1, -0.05) is 26.7 Å². The molecule has 0 N–H and O–H groups in total. The quantitative estimate of drug-likeness (QED) is 0.329. The number of carbonyl (C=O) groups is 2. The van der Waals surface area contributed by atoms with Crippen LogP contribution in [0.3, 0.4) is 0 Å². The first-order valence-electron chi connectivity index (χ1n) is 9.43. The van der Waals surface area contributed by atoms with E-state index in [9.17, 15) is 9.59 Å². The SMILES string of the molecule is CC(C)CCCOC(=O)CCCCC(=O)OC1CCCCCC1. The van der Waals surface area contributed by atoms with Gasteiger partial charge in [-0.3, -0.25) is 9.59 Å². The van der Waals surface area contributed by atoms with Crippen LogP contribution in [0.2, 0.25) is 0 Å². The van der Waals surface area contributed by atoms with Crippen molar-refractivity contribution in [3.63, 3.8) is 0 Å². The van der Waals surface area contributed by atoms with Crippen molar-refractivity contribution in [3.8, 4) is 0 Å². The summed E-state index contributed by atoms with van der Waals surface area (Å²) in [6.45, 7) is 4.84. The van der Waals surface area contributed by atoms with Gasteiger partial charge in [0.1, 0.15) is 6.10 Å². The van der Waals surface area contributed by atoms with Gasteiger partial charge in [0.2, 0.25) is 0 Å². The Hall–Kier alpha value is -1.06. The van der Waals surface area contributed by atoms with Crippen LogP contribution < -0.4 is 0 Å². The van der Waals surface area contributed by atoms with Gasteiger partial charge >= 0.3 is 11.9 Å². The molecule has 0 atom stereocenters. The molecule has 0 unspecified atom stereocenters. The summed E-state index contributed by atoms with van der Waals surface area (Å²) in [6.07, 6.45) is 11.2. The molecule has 1 saturated carbocycles. The maximum absolute atomic E-state index is 11.8. The highest BCUT2D eigenvalue weighted by atomic mass is 16.5. The third-order valence-electron chi connectivity index (χ3n) is 4.30. The maximum Gasteiger partial charge on any atom is 0.306 e. The zero-order valence-electron chi connectivity index (χ0n) is 15.0. The molecule has 1 aliphatic rings. The lowest BCUT2D eigenvalue weighted by atomic mass is 10.1. The van der Waals surface area contributed by atoms with Gasteiger partial charge < -0.3 is 9.47 Å². The third kappa shape index (κ3) is 11.2. The van der Waals surface area contributed by atoms with Gasteiger partial charge in [-0.2, -0.15) is 0 Å². The minimum Gasteiger partial charge on any atom is -0.466 e. The van der Waals surface area contributed by atoms with E-state index in [2.05, 4.69) is 13.8 Å².